The predicted molar refractivity (Wildman–Crippen MR) is 287 cm³/mol. The molecule has 0 heterocycles. The Hall–Kier alpha value is -8.78. The normalized spacial score (nSPS) is 13.4. The molecule has 11 aromatic carbocycles. The van der Waals surface area contributed by atoms with Crippen LogP contribution in [0.3, 0.4) is 0 Å². The van der Waals surface area contributed by atoms with Gasteiger partial charge in [0.1, 0.15) is 0 Å². The van der Waals surface area contributed by atoms with Crippen molar-refractivity contribution >= 4 is 17.1 Å². The van der Waals surface area contributed by atoms with Gasteiger partial charge >= 0.3 is 0 Å². The summed E-state index contributed by atoms with van der Waals surface area (Å²) in [5, 5.41) is 0. The lowest BCUT2D eigenvalue weighted by molar-refractivity contribution is 0.751. The van der Waals surface area contributed by atoms with Crippen molar-refractivity contribution < 1.29 is 0 Å². The Morgan fingerprint density at radius 3 is 0.971 bits per heavy atom. The average molecular weight is 878 g/mol. The molecule has 0 bridgehead atoms. The lowest BCUT2D eigenvalue weighted by atomic mass is 9.63. The van der Waals surface area contributed by atoms with Gasteiger partial charge in [-0.15, -0.1) is 0 Å². The summed E-state index contributed by atoms with van der Waals surface area (Å²) >= 11 is 0. The van der Waals surface area contributed by atoms with Gasteiger partial charge in [0.2, 0.25) is 0 Å². The monoisotopic (exact) mass is 877 g/mol. The molecular formula is C68H47N. The Kier molecular flexibility index (Phi) is 9.70. The number of nitrogens with zero attached hydrogens (tertiary/aromatic N) is 1. The zero-order valence-electron chi connectivity index (χ0n) is 38.1. The minimum absolute atomic E-state index is 0.531. The van der Waals surface area contributed by atoms with Gasteiger partial charge in [-0.25, -0.2) is 0 Å². The van der Waals surface area contributed by atoms with E-state index in [1.807, 2.05) is 0 Å². The SMILES string of the molecule is c1ccc(-c2ccc(N(c3ccc(C4(c5ccccc5)c5ccccc5-c5ccccc5-c5ccccc54)cc3)c3ccc4c(c3)C(c3ccccc3)(c3ccccc3)c3ccccc3-4)cc2)cc1. The molecule has 324 valence electrons. The predicted octanol–water partition coefficient (Wildman–Crippen LogP) is 17.2. The summed E-state index contributed by atoms with van der Waals surface area (Å²) in [5.74, 6) is 0. The molecule has 13 rings (SSSR count). The fourth-order valence-electron chi connectivity index (χ4n) is 12.0. The molecule has 1 heteroatoms. The third-order valence-electron chi connectivity index (χ3n) is 14.9. The second-order valence-corrected chi connectivity index (χ2v) is 18.3. The standard InChI is InChI=1S/C68H47N/c1-5-21-48(22-6-1)49-37-41-54(42-38-49)69(56-45-46-62-61-33-17-20-36-65(61)68(66(62)47-56,51-25-9-3-10-26-51)52-27-11-4-12-28-52)55-43-39-53(40-44-55)67(50-23-7-2-8-24-50)63-34-18-15-31-59(63)57-29-13-14-30-58(57)60-32-16-19-35-64(60)67/h1-47H. The summed E-state index contributed by atoms with van der Waals surface area (Å²) in [6.45, 7) is 0. The molecule has 0 spiro atoms. The molecule has 2 aliphatic carbocycles. The highest BCUT2D eigenvalue weighted by Gasteiger charge is 2.47. The van der Waals surface area contributed by atoms with Crippen molar-refractivity contribution in [3.63, 3.8) is 0 Å². The van der Waals surface area contributed by atoms with Crippen LogP contribution in [0.4, 0.5) is 17.1 Å². The third kappa shape index (κ3) is 6.24. The van der Waals surface area contributed by atoms with Crippen LogP contribution in [0, 0.1) is 0 Å². The Morgan fingerprint density at radius 2 is 0.507 bits per heavy atom. The van der Waals surface area contributed by atoms with Crippen molar-refractivity contribution in [3.8, 4) is 44.5 Å². The lowest BCUT2D eigenvalue weighted by Gasteiger charge is -2.38. The molecule has 0 aliphatic heterocycles. The van der Waals surface area contributed by atoms with E-state index in [4.69, 9.17) is 0 Å². The van der Waals surface area contributed by atoms with Crippen LogP contribution in [0.2, 0.25) is 0 Å². The largest absolute Gasteiger partial charge is 0.310 e. The maximum Gasteiger partial charge on any atom is 0.0714 e. The first kappa shape index (κ1) is 40.5. The molecule has 0 saturated heterocycles. The van der Waals surface area contributed by atoms with Crippen molar-refractivity contribution in [2.75, 3.05) is 4.90 Å². The van der Waals surface area contributed by atoms with E-state index in [1.54, 1.807) is 0 Å². The second kappa shape index (κ2) is 16.5. The minimum Gasteiger partial charge on any atom is -0.310 e. The summed E-state index contributed by atoms with van der Waals surface area (Å²) in [6, 6.07) is 106. The van der Waals surface area contributed by atoms with Crippen LogP contribution in [0.5, 0.6) is 0 Å². The van der Waals surface area contributed by atoms with Gasteiger partial charge in [0.25, 0.3) is 0 Å². The van der Waals surface area contributed by atoms with Crippen LogP contribution in [-0.4, -0.2) is 0 Å². The van der Waals surface area contributed by atoms with Crippen LogP contribution >= 0.6 is 0 Å². The molecule has 1 nitrogen and oxygen atoms in total. The van der Waals surface area contributed by atoms with E-state index >= 15 is 0 Å². The Labute approximate surface area is 404 Å². The highest BCUT2D eigenvalue weighted by Crippen LogP contribution is 2.58. The minimum atomic E-state index is -0.627. The van der Waals surface area contributed by atoms with E-state index in [-0.39, 0.29) is 0 Å². The van der Waals surface area contributed by atoms with E-state index in [1.165, 1.54) is 89.0 Å². The van der Waals surface area contributed by atoms with E-state index in [2.05, 4.69) is 290 Å². The van der Waals surface area contributed by atoms with Crippen LogP contribution in [0.25, 0.3) is 44.5 Å². The summed E-state index contributed by atoms with van der Waals surface area (Å²) in [6.07, 6.45) is 0. The summed E-state index contributed by atoms with van der Waals surface area (Å²) in [5.41, 5.74) is 22.1. The summed E-state index contributed by atoms with van der Waals surface area (Å²) in [7, 11) is 0. The quantitative estimate of drug-likeness (QED) is 0.147. The highest BCUT2D eigenvalue weighted by molar-refractivity contribution is 5.93. The Bertz CT molecular complexity index is 3530. The first-order valence-corrected chi connectivity index (χ1v) is 24.0. The van der Waals surface area contributed by atoms with Gasteiger partial charge in [-0.2, -0.15) is 0 Å². The molecule has 0 N–H and O–H groups in total. The van der Waals surface area contributed by atoms with Crippen LogP contribution in [0.1, 0.15) is 44.5 Å². The summed E-state index contributed by atoms with van der Waals surface area (Å²) < 4.78 is 0. The molecular weight excluding hydrogens is 831 g/mol. The molecule has 0 atom stereocenters. The van der Waals surface area contributed by atoms with Crippen LogP contribution in [0.15, 0.2) is 285 Å². The van der Waals surface area contributed by atoms with Gasteiger partial charge in [-0.05, 0) is 125 Å². The number of rotatable bonds is 8. The number of hydrogen-bond donors (Lipinski definition) is 0. The van der Waals surface area contributed by atoms with Gasteiger partial charge in [-0.3, -0.25) is 0 Å². The van der Waals surface area contributed by atoms with Gasteiger partial charge in [0.05, 0.1) is 10.8 Å². The van der Waals surface area contributed by atoms with Gasteiger partial charge in [0, 0.05) is 17.1 Å². The number of anilines is 3. The number of benzene rings is 11. The molecule has 0 radical (unpaired) electrons. The van der Waals surface area contributed by atoms with E-state index in [0.29, 0.717) is 0 Å². The molecule has 2 aliphatic rings. The lowest BCUT2D eigenvalue weighted by Crippen LogP contribution is -2.31. The Balaban J connectivity index is 1.04. The number of fused-ring (bicyclic) bond motifs is 8. The molecule has 0 aromatic heterocycles. The Morgan fingerprint density at radius 1 is 0.203 bits per heavy atom. The first-order valence-electron chi connectivity index (χ1n) is 24.0. The van der Waals surface area contributed by atoms with Crippen LogP contribution < -0.4 is 4.90 Å². The topological polar surface area (TPSA) is 3.24 Å². The van der Waals surface area contributed by atoms with Gasteiger partial charge in [-0.1, -0.05) is 249 Å². The average Bonchev–Trinajstić information content (AvgIpc) is 3.67. The van der Waals surface area contributed by atoms with Crippen molar-refractivity contribution in [2.24, 2.45) is 0 Å². The first-order chi connectivity index (χ1) is 34.2. The maximum absolute atomic E-state index is 2.47. The molecule has 0 amide bonds. The van der Waals surface area contributed by atoms with Crippen molar-refractivity contribution in [3.05, 3.63) is 330 Å². The smallest absolute Gasteiger partial charge is 0.0714 e. The molecule has 0 saturated carbocycles. The van der Waals surface area contributed by atoms with E-state index in [9.17, 15) is 0 Å². The van der Waals surface area contributed by atoms with Crippen LogP contribution in [-0.2, 0) is 10.8 Å². The number of hydrogen-bond acceptors (Lipinski definition) is 1. The zero-order chi connectivity index (χ0) is 45.8. The fraction of sp³-hybridized carbons (Fsp3) is 0.0294. The van der Waals surface area contributed by atoms with Crippen molar-refractivity contribution in [1.29, 1.82) is 0 Å². The molecule has 69 heavy (non-hydrogen) atoms. The maximum atomic E-state index is 2.47. The van der Waals surface area contributed by atoms with E-state index in [0.717, 1.165) is 17.1 Å². The fourth-order valence-corrected chi connectivity index (χ4v) is 12.0. The molecule has 0 unspecified atom stereocenters. The third-order valence-corrected chi connectivity index (χ3v) is 14.9. The highest BCUT2D eigenvalue weighted by atomic mass is 15.1. The molecule has 0 fully saturated rings. The van der Waals surface area contributed by atoms with E-state index < -0.39 is 10.8 Å². The summed E-state index contributed by atoms with van der Waals surface area (Å²) in [4.78, 5) is 2.45. The van der Waals surface area contributed by atoms with Gasteiger partial charge in [0.15, 0.2) is 0 Å². The van der Waals surface area contributed by atoms with Crippen molar-refractivity contribution in [1.82, 2.24) is 0 Å². The second-order valence-electron chi connectivity index (χ2n) is 18.3. The zero-order valence-corrected chi connectivity index (χ0v) is 38.1. The van der Waals surface area contributed by atoms with Gasteiger partial charge < -0.3 is 4.90 Å². The van der Waals surface area contributed by atoms with Crippen molar-refractivity contribution in [2.45, 2.75) is 10.8 Å². The molecule has 11 aromatic rings.